The lowest BCUT2D eigenvalue weighted by Crippen LogP contribution is -2.32. The topological polar surface area (TPSA) is 33.2 Å². The second kappa shape index (κ2) is 6.05. The average Bonchev–Trinajstić information content (AvgIpc) is 3.42. The Morgan fingerprint density at radius 1 is 1.00 bits per heavy atom. The maximum absolute atomic E-state index is 13.2. The quantitative estimate of drug-likeness (QED) is 0.708. The van der Waals surface area contributed by atoms with E-state index in [9.17, 15) is 4.79 Å². The molecule has 2 aliphatic carbocycles. The van der Waals surface area contributed by atoms with Crippen LogP contribution < -0.4 is 0 Å². The largest absolute Gasteiger partial charge is 0.345 e. The van der Waals surface area contributed by atoms with E-state index in [0.29, 0.717) is 6.54 Å². The fourth-order valence-corrected chi connectivity index (χ4v) is 4.72. The minimum atomic E-state index is -0.122. The lowest BCUT2D eigenvalue weighted by molar-refractivity contribution is -0.131. The van der Waals surface area contributed by atoms with E-state index in [1.165, 1.54) is 22.3 Å². The van der Waals surface area contributed by atoms with E-state index in [4.69, 9.17) is 0 Å². The van der Waals surface area contributed by atoms with Crippen LogP contribution in [0.2, 0.25) is 0 Å². The molecule has 1 heterocycles. The third-order valence-corrected chi connectivity index (χ3v) is 6.17. The number of aromatic nitrogens is 1. The van der Waals surface area contributed by atoms with Crippen LogP contribution in [0.1, 0.15) is 23.2 Å². The first-order valence-electron chi connectivity index (χ1n) is 9.56. The Labute approximate surface area is 159 Å². The highest BCUT2D eigenvalue weighted by Crippen LogP contribution is 2.66. The minimum Gasteiger partial charge on any atom is -0.345 e. The van der Waals surface area contributed by atoms with E-state index < -0.39 is 0 Å². The van der Waals surface area contributed by atoms with Gasteiger partial charge in [0.15, 0.2) is 0 Å². The molecule has 0 saturated heterocycles. The molecule has 0 N–H and O–H groups in total. The van der Waals surface area contributed by atoms with Crippen molar-refractivity contribution in [2.75, 3.05) is 13.6 Å². The number of benzene rings is 2. The summed E-state index contributed by atoms with van der Waals surface area (Å²) < 4.78 is 0. The van der Waals surface area contributed by atoms with Crippen molar-refractivity contribution in [3.05, 3.63) is 89.7 Å². The van der Waals surface area contributed by atoms with Crippen molar-refractivity contribution >= 4 is 5.91 Å². The summed E-state index contributed by atoms with van der Waals surface area (Å²) in [7, 11) is 1.92. The van der Waals surface area contributed by atoms with Crippen LogP contribution in [-0.2, 0) is 16.6 Å². The van der Waals surface area contributed by atoms with Crippen molar-refractivity contribution < 1.29 is 4.79 Å². The van der Waals surface area contributed by atoms with E-state index in [1.54, 1.807) is 6.20 Å². The molecule has 3 aromatic rings. The Hall–Kier alpha value is -2.94. The predicted molar refractivity (Wildman–Crippen MR) is 106 cm³/mol. The first-order chi connectivity index (χ1) is 13.2. The molecule has 3 heteroatoms. The van der Waals surface area contributed by atoms with E-state index in [-0.39, 0.29) is 17.2 Å². The first kappa shape index (κ1) is 16.2. The van der Waals surface area contributed by atoms with Crippen molar-refractivity contribution in [3.63, 3.8) is 0 Å². The van der Waals surface area contributed by atoms with Gasteiger partial charge in [-0.15, -0.1) is 0 Å². The molecule has 1 spiro atoms. The van der Waals surface area contributed by atoms with Gasteiger partial charge >= 0.3 is 0 Å². The van der Waals surface area contributed by atoms with Gasteiger partial charge in [0.25, 0.3) is 0 Å². The van der Waals surface area contributed by atoms with Gasteiger partial charge in [-0.3, -0.25) is 9.78 Å². The summed E-state index contributed by atoms with van der Waals surface area (Å²) in [4.78, 5) is 19.5. The molecule has 0 aliphatic heterocycles. The molecule has 0 bridgehead atoms. The highest BCUT2D eigenvalue weighted by Gasteiger charge is 2.64. The molecule has 1 fully saturated rings. The lowest BCUT2D eigenvalue weighted by atomic mass is 9.90. The Balaban J connectivity index is 1.40. The number of hydrogen-bond acceptors (Lipinski definition) is 2. The van der Waals surface area contributed by atoms with Crippen molar-refractivity contribution in [2.45, 2.75) is 18.3 Å². The highest BCUT2D eigenvalue weighted by atomic mass is 16.2. The number of pyridine rings is 1. The van der Waals surface area contributed by atoms with E-state index in [0.717, 1.165) is 18.5 Å². The van der Waals surface area contributed by atoms with Gasteiger partial charge in [-0.2, -0.15) is 0 Å². The number of rotatable bonds is 4. The third-order valence-electron chi connectivity index (χ3n) is 6.17. The van der Waals surface area contributed by atoms with Gasteiger partial charge in [0.1, 0.15) is 0 Å². The van der Waals surface area contributed by atoms with E-state index in [1.807, 2.05) is 30.1 Å². The average molecular weight is 354 g/mol. The van der Waals surface area contributed by atoms with Crippen molar-refractivity contribution in [1.29, 1.82) is 0 Å². The molecule has 27 heavy (non-hydrogen) atoms. The molecule has 1 aromatic heterocycles. The molecular weight excluding hydrogens is 332 g/mol. The summed E-state index contributed by atoms with van der Waals surface area (Å²) in [5.41, 5.74) is 6.13. The Bertz CT molecular complexity index is 966. The molecule has 2 aliphatic rings. The summed E-state index contributed by atoms with van der Waals surface area (Å²) in [5.74, 6) is 0.286. The molecule has 1 amide bonds. The summed E-state index contributed by atoms with van der Waals surface area (Å²) in [6.45, 7) is 0.700. The molecule has 5 rings (SSSR count). The standard InChI is InChI=1S/C24H22N2O/c1-26(15-13-17-8-6-7-14-25-17)23(27)22-16-24(22)20-11-4-2-9-18(20)19-10-3-5-12-21(19)24/h2-12,14,22H,13,15-16H2,1H3. The molecule has 1 unspecified atom stereocenters. The number of nitrogens with zero attached hydrogens (tertiary/aromatic N) is 2. The number of likely N-dealkylation sites (N-methyl/N-ethyl adjacent to an activating group) is 1. The van der Waals surface area contributed by atoms with Gasteiger partial charge < -0.3 is 4.90 Å². The maximum Gasteiger partial charge on any atom is 0.226 e. The zero-order valence-electron chi connectivity index (χ0n) is 15.4. The third kappa shape index (κ3) is 2.42. The number of fused-ring (bicyclic) bond motifs is 5. The van der Waals surface area contributed by atoms with Gasteiger partial charge in [0.05, 0.1) is 5.92 Å². The van der Waals surface area contributed by atoms with Crippen LogP contribution in [0, 0.1) is 5.92 Å². The molecule has 2 aromatic carbocycles. The van der Waals surface area contributed by atoms with Gasteiger partial charge in [-0.1, -0.05) is 54.6 Å². The van der Waals surface area contributed by atoms with E-state index >= 15 is 0 Å². The molecule has 3 nitrogen and oxygen atoms in total. The smallest absolute Gasteiger partial charge is 0.226 e. The summed E-state index contributed by atoms with van der Waals surface area (Å²) in [6.07, 6.45) is 3.50. The summed E-state index contributed by atoms with van der Waals surface area (Å²) in [5, 5.41) is 0. The van der Waals surface area contributed by atoms with Crippen molar-refractivity contribution in [1.82, 2.24) is 9.88 Å². The molecule has 1 atom stereocenters. The minimum absolute atomic E-state index is 0.0380. The Morgan fingerprint density at radius 2 is 1.63 bits per heavy atom. The Kier molecular flexibility index (Phi) is 3.64. The van der Waals surface area contributed by atoms with Crippen LogP contribution in [0.25, 0.3) is 11.1 Å². The molecule has 0 radical (unpaired) electrons. The highest BCUT2D eigenvalue weighted by molar-refractivity contribution is 5.92. The van der Waals surface area contributed by atoms with Crippen LogP contribution >= 0.6 is 0 Å². The van der Waals surface area contributed by atoms with Crippen LogP contribution in [0.5, 0.6) is 0 Å². The zero-order valence-corrected chi connectivity index (χ0v) is 15.4. The van der Waals surface area contributed by atoms with Gasteiger partial charge in [-0.25, -0.2) is 0 Å². The Morgan fingerprint density at radius 3 is 2.26 bits per heavy atom. The molecule has 1 saturated carbocycles. The fourth-order valence-electron chi connectivity index (χ4n) is 4.72. The SMILES string of the molecule is CN(CCc1ccccn1)C(=O)C1CC12c1ccccc1-c1ccccc12. The van der Waals surface area contributed by atoms with Gasteiger partial charge in [0.2, 0.25) is 5.91 Å². The lowest BCUT2D eigenvalue weighted by Gasteiger charge is -2.20. The predicted octanol–water partition coefficient (Wildman–Crippen LogP) is 4.07. The second-order valence-corrected chi connectivity index (χ2v) is 7.65. The van der Waals surface area contributed by atoms with Crippen LogP contribution in [0.15, 0.2) is 72.9 Å². The number of hydrogen-bond donors (Lipinski definition) is 0. The van der Waals surface area contributed by atoms with Crippen molar-refractivity contribution in [3.8, 4) is 11.1 Å². The van der Waals surface area contributed by atoms with Crippen LogP contribution in [0.3, 0.4) is 0 Å². The number of carbonyl (C=O) groups is 1. The normalized spacial score (nSPS) is 18.0. The summed E-state index contributed by atoms with van der Waals surface area (Å²) >= 11 is 0. The van der Waals surface area contributed by atoms with Crippen LogP contribution in [0.4, 0.5) is 0 Å². The van der Waals surface area contributed by atoms with Gasteiger partial charge in [-0.05, 0) is 40.8 Å². The monoisotopic (exact) mass is 354 g/mol. The number of amides is 1. The first-order valence-corrected chi connectivity index (χ1v) is 9.56. The van der Waals surface area contributed by atoms with Gasteiger partial charge in [0, 0.05) is 37.3 Å². The molecule has 134 valence electrons. The zero-order chi connectivity index (χ0) is 18.4. The fraction of sp³-hybridized carbons (Fsp3) is 0.250. The maximum atomic E-state index is 13.2. The number of carbonyl (C=O) groups excluding carboxylic acids is 1. The molecular formula is C24H22N2O. The van der Waals surface area contributed by atoms with E-state index in [2.05, 4.69) is 53.5 Å². The summed E-state index contributed by atoms with van der Waals surface area (Å²) in [6, 6.07) is 23.1. The van der Waals surface area contributed by atoms with Crippen molar-refractivity contribution in [2.24, 2.45) is 5.92 Å². The second-order valence-electron chi connectivity index (χ2n) is 7.65. The van der Waals surface area contributed by atoms with Crippen LogP contribution in [-0.4, -0.2) is 29.4 Å².